The van der Waals surface area contributed by atoms with Crippen LogP contribution in [-0.2, 0) is 6.42 Å². The maximum Gasteiger partial charge on any atom is 0.135 e. The first-order valence-electron chi connectivity index (χ1n) is 6.83. The first-order valence-corrected chi connectivity index (χ1v) is 7.27. The lowest BCUT2D eigenvalue weighted by atomic mass is 9.96. The second kappa shape index (κ2) is 5.41. The Morgan fingerprint density at radius 1 is 1.35 bits per heavy atom. The highest BCUT2D eigenvalue weighted by Gasteiger charge is 2.24. The summed E-state index contributed by atoms with van der Waals surface area (Å²) in [6.45, 7) is 4.55. The quantitative estimate of drug-likeness (QED) is 0.788. The van der Waals surface area contributed by atoms with Crippen molar-refractivity contribution in [1.29, 1.82) is 0 Å². The van der Waals surface area contributed by atoms with Crippen LogP contribution < -0.4 is 4.74 Å². The Labute approximate surface area is 124 Å². The summed E-state index contributed by atoms with van der Waals surface area (Å²) in [5.74, 6) is 2.04. The third kappa shape index (κ3) is 2.50. The largest absolute Gasteiger partial charge is 0.493 e. The molecule has 0 aliphatic carbocycles. The number of alkyl halides is 1. The number of benzene rings is 1. The molecule has 0 amide bonds. The van der Waals surface area contributed by atoms with Gasteiger partial charge in [0.2, 0.25) is 0 Å². The Balaban J connectivity index is 1.86. The van der Waals surface area contributed by atoms with Gasteiger partial charge in [0.1, 0.15) is 11.6 Å². The fraction of sp³-hybridized carbons (Fsp3) is 0.375. The zero-order valence-corrected chi connectivity index (χ0v) is 12.4. The molecule has 0 saturated carbocycles. The van der Waals surface area contributed by atoms with Gasteiger partial charge in [0, 0.05) is 17.5 Å². The van der Waals surface area contributed by atoms with Crippen molar-refractivity contribution >= 4 is 11.6 Å². The highest BCUT2D eigenvalue weighted by molar-refractivity contribution is 6.20. The Morgan fingerprint density at radius 3 is 2.90 bits per heavy atom. The standard InChI is InChI=1S/C16H17ClN2O/c1-10(17)14-8-18-16(19-11(14)2)13-7-12-5-3-4-6-15(12)20-9-13/h3-6,8,10,13H,7,9H2,1-2H3. The molecular weight excluding hydrogens is 272 g/mol. The highest BCUT2D eigenvalue weighted by atomic mass is 35.5. The van der Waals surface area contributed by atoms with E-state index in [9.17, 15) is 0 Å². The molecule has 0 radical (unpaired) electrons. The van der Waals surface area contributed by atoms with Gasteiger partial charge in [-0.2, -0.15) is 0 Å². The molecule has 0 N–H and O–H groups in total. The molecular formula is C16H17ClN2O. The first kappa shape index (κ1) is 13.4. The van der Waals surface area contributed by atoms with Crippen molar-refractivity contribution in [1.82, 2.24) is 9.97 Å². The topological polar surface area (TPSA) is 35.0 Å². The van der Waals surface area contributed by atoms with Crippen molar-refractivity contribution in [2.45, 2.75) is 31.6 Å². The van der Waals surface area contributed by atoms with Gasteiger partial charge in [-0.15, -0.1) is 11.6 Å². The average Bonchev–Trinajstić information content (AvgIpc) is 2.46. The molecule has 3 nitrogen and oxygen atoms in total. The van der Waals surface area contributed by atoms with Crippen LogP contribution in [0.15, 0.2) is 30.5 Å². The second-order valence-corrected chi connectivity index (χ2v) is 5.86. The lowest BCUT2D eigenvalue weighted by Crippen LogP contribution is -2.21. The number of aromatic nitrogens is 2. The summed E-state index contributed by atoms with van der Waals surface area (Å²) in [7, 11) is 0. The molecule has 104 valence electrons. The summed E-state index contributed by atoms with van der Waals surface area (Å²) in [4.78, 5) is 9.10. The van der Waals surface area contributed by atoms with Gasteiger partial charge in [-0.1, -0.05) is 18.2 Å². The van der Waals surface area contributed by atoms with Gasteiger partial charge < -0.3 is 4.74 Å². The fourth-order valence-electron chi connectivity index (χ4n) is 2.58. The Bertz CT molecular complexity index is 628. The molecule has 2 heterocycles. The van der Waals surface area contributed by atoms with Crippen molar-refractivity contribution in [2.75, 3.05) is 6.61 Å². The molecule has 2 aromatic rings. The predicted molar refractivity (Wildman–Crippen MR) is 79.4 cm³/mol. The van der Waals surface area contributed by atoms with Gasteiger partial charge in [0.25, 0.3) is 0 Å². The van der Waals surface area contributed by atoms with Crippen LogP contribution in [0.3, 0.4) is 0 Å². The zero-order valence-electron chi connectivity index (χ0n) is 11.6. The molecule has 1 aliphatic heterocycles. The summed E-state index contributed by atoms with van der Waals surface area (Å²) in [5, 5.41) is -0.0626. The summed E-state index contributed by atoms with van der Waals surface area (Å²) < 4.78 is 5.80. The van der Waals surface area contributed by atoms with E-state index in [1.807, 2.05) is 38.2 Å². The monoisotopic (exact) mass is 288 g/mol. The van der Waals surface area contributed by atoms with Crippen LogP contribution in [0.1, 0.15) is 40.9 Å². The molecule has 4 heteroatoms. The normalized spacial score (nSPS) is 19.1. The predicted octanol–water partition coefficient (Wildman–Crippen LogP) is 3.80. The average molecular weight is 289 g/mol. The summed E-state index contributed by atoms with van der Waals surface area (Å²) in [5.41, 5.74) is 3.17. The minimum Gasteiger partial charge on any atom is -0.493 e. The number of hydrogen-bond acceptors (Lipinski definition) is 3. The van der Waals surface area contributed by atoms with Gasteiger partial charge in [-0.3, -0.25) is 0 Å². The molecule has 2 unspecified atom stereocenters. The number of fused-ring (bicyclic) bond motifs is 1. The van der Waals surface area contributed by atoms with Crippen molar-refractivity contribution in [3.63, 3.8) is 0 Å². The second-order valence-electron chi connectivity index (χ2n) is 5.20. The number of nitrogens with zero attached hydrogens (tertiary/aromatic N) is 2. The number of aryl methyl sites for hydroxylation is 1. The third-order valence-corrected chi connectivity index (χ3v) is 3.94. The van der Waals surface area contributed by atoms with E-state index < -0.39 is 0 Å². The van der Waals surface area contributed by atoms with Gasteiger partial charge >= 0.3 is 0 Å². The number of halogens is 1. The van der Waals surface area contributed by atoms with E-state index in [4.69, 9.17) is 16.3 Å². The van der Waals surface area contributed by atoms with Gasteiger partial charge in [-0.25, -0.2) is 9.97 Å². The lowest BCUT2D eigenvalue weighted by molar-refractivity contribution is 0.257. The summed E-state index contributed by atoms with van der Waals surface area (Å²) in [6, 6.07) is 8.14. The lowest BCUT2D eigenvalue weighted by Gasteiger charge is -2.24. The summed E-state index contributed by atoms with van der Waals surface area (Å²) >= 11 is 6.11. The molecule has 0 bridgehead atoms. The van der Waals surface area contributed by atoms with Gasteiger partial charge in [0.15, 0.2) is 0 Å². The van der Waals surface area contributed by atoms with Gasteiger partial charge in [0.05, 0.1) is 17.9 Å². The Morgan fingerprint density at radius 2 is 2.15 bits per heavy atom. The molecule has 3 rings (SSSR count). The molecule has 1 aromatic carbocycles. The first-order chi connectivity index (χ1) is 9.65. The molecule has 0 fully saturated rings. The van der Waals surface area contributed by atoms with Crippen LogP contribution in [0.2, 0.25) is 0 Å². The number of hydrogen-bond donors (Lipinski definition) is 0. The maximum atomic E-state index is 6.11. The van der Waals surface area contributed by atoms with E-state index in [2.05, 4.69) is 16.0 Å². The summed E-state index contributed by atoms with van der Waals surface area (Å²) in [6.07, 6.45) is 2.77. The molecule has 2 atom stereocenters. The Kier molecular flexibility index (Phi) is 3.62. The molecule has 0 spiro atoms. The van der Waals surface area contributed by atoms with Crippen molar-refractivity contribution < 1.29 is 4.74 Å². The smallest absolute Gasteiger partial charge is 0.135 e. The molecule has 20 heavy (non-hydrogen) atoms. The van der Waals surface area contributed by atoms with Crippen LogP contribution in [0.5, 0.6) is 5.75 Å². The zero-order chi connectivity index (χ0) is 14.1. The van der Waals surface area contributed by atoms with E-state index in [0.29, 0.717) is 6.61 Å². The molecule has 1 aliphatic rings. The van der Waals surface area contributed by atoms with Crippen LogP contribution in [0, 0.1) is 6.92 Å². The van der Waals surface area contributed by atoms with Crippen molar-refractivity contribution in [2.24, 2.45) is 0 Å². The van der Waals surface area contributed by atoms with Crippen molar-refractivity contribution in [3.8, 4) is 5.75 Å². The minimum atomic E-state index is -0.0626. The highest BCUT2D eigenvalue weighted by Crippen LogP contribution is 2.31. The van der Waals surface area contributed by atoms with Crippen LogP contribution in [0.25, 0.3) is 0 Å². The fourth-order valence-corrected chi connectivity index (χ4v) is 2.79. The third-order valence-electron chi connectivity index (χ3n) is 3.71. The SMILES string of the molecule is Cc1nc(C2COc3ccccc3C2)ncc1C(C)Cl. The molecule has 0 saturated heterocycles. The van der Waals surface area contributed by atoms with Crippen LogP contribution in [-0.4, -0.2) is 16.6 Å². The number of ether oxygens (including phenoxy) is 1. The van der Waals surface area contributed by atoms with E-state index in [0.717, 1.165) is 29.3 Å². The van der Waals surface area contributed by atoms with E-state index in [1.54, 1.807) is 0 Å². The maximum absolute atomic E-state index is 6.11. The van der Waals surface area contributed by atoms with Crippen LogP contribution >= 0.6 is 11.6 Å². The van der Waals surface area contributed by atoms with Crippen molar-refractivity contribution in [3.05, 3.63) is 53.1 Å². The van der Waals surface area contributed by atoms with E-state index in [-0.39, 0.29) is 11.3 Å². The number of rotatable bonds is 2. The molecule has 1 aromatic heterocycles. The number of para-hydroxylation sites is 1. The Hall–Kier alpha value is -1.61. The van der Waals surface area contributed by atoms with Crippen LogP contribution in [0.4, 0.5) is 0 Å². The van der Waals surface area contributed by atoms with Gasteiger partial charge in [-0.05, 0) is 31.9 Å². The van der Waals surface area contributed by atoms with E-state index >= 15 is 0 Å². The minimum absolute atomic E-state index is 0.0626. The van der Waals surface area contributed by atoms with E-state index in [1.165, 1.54) is 5.56 Å².